The normalized spacial score (nSPS) is 16.1. The zero-order valence-electron chi connectivity index (χ0n) is 23.0. The van der Waals surface area contributed by atoms with Crippen molar-refractivity contribution in [1.82, 2.24) is 0 Å². The summed E-state index contributed by atoms with van der Waals surface area (Å²) >= 11 is 0. The average Bonchev–Trinajstić information content (AvgIpc) is 3.78. The molecule has 0 spiro atoms. The molecule has 3 atom stereocenters. The van der Waals surface area contributed by atoms with E-state index < -0.39 is 42.0 Å². The minimum absolute atomic E-state index is 0. The number of benzene rings is 3. The van der Waals surface area contributed by atoms with E-state index in [2.05, 4.69) is 11.2 Å². The van der Waals surface area contributed by atoms with Gasteiger partial charge < -0.3 is 24.2 Å². The van der Waals surface area contributed by atoms with Crippen LogP contribution < -0.4 is 0 Å². The van der Waals surface area contributed by atoms with Gasteiger partial charge in [0.2, 0.25) is 0 Å². The van der Waals surface area contributed by atoms with E-state index >= 15 is 0 Å². The number of esters is 2. The lowest BCUT2D eigenvalue weighted by molar-refractivity contribution is -0.163. The van der Waals surface area contributed by atoms with Crippen molar-refractivity contribution >= 4 is 45.7 Å². The van der Waals surface area contributed by atoms with Gasteiger partial charge in [-0.15, -0.1) is 0 Å². The van der Waals surface area contributed by atoms with E-state index in [0.29, 0.717) is 13.0 Å². The van der Waals surface area contributed by atoms with Crippen LogP contribution in [0.3, 0.4) is 0 Å². The van der Waals surface area contributed by atoms with E-state index in [4.69, 9.17) is 24.2 Å². The van der Waals surface area contributed by atoms with Crippen LogP contribution in [-0.2, 0) is 33.4 Å². The summed E-state index contributed by atoms with van der Waals surface area (Å²) in [4.78, 5) is 43.8. The molecule has 0 aliphatic carbocycles. The van der Waals surface area contributed by atoms with Gasteiger partial charge in [-0.1, -0.05) is 68.0 Å². The number of aliphatic hydroxyl groups is 1. The summed E-state index contributed by atoms with van der Waals surface area (Å²) in [6, 6.07) is 17.9. The molecule has 0 amide bonds. The molecule has 0 bridgehead atoms. The van der Waals surface area contributed by atoms with E-state index in [-0.39, 0.29) is 33.0 Å². The third kappa shape index (κ3) is 8.11. The number of epoxide rings is 1. The Labute approximate surface area is 240 Å². The first kappa shape index (κ1) is 31.7. The summed E-state index contributed by atoms with van der Waals surface area (Å²) in [6.07, 6.45) is 2.01. The quantitative estimate of drug-likeness (QED) is 0.0556. The number of hydrogen-bond acceptors (Lipinski definition) is 9. The van der Waals surface area contributed by atoms with Crippen molar-refractivity contribution < 1.29 is 38.5 Å². The molecule has 9 nitrogen and oxygen atoms in total. The van der Waals surface area contributed by atoms with Crippen LogP contribution in [0.1, 0.15) is 53.0 Å². The van der Waals surface area contributed by atoms with Crippen LogP contribution >= 0.6 is 0 Å². The molecule has 0 saturated carbocycles. The minimum Gasteiger partial charge on any atom is -0.463 e. The van der Waals surface area contributed by atoms with E-state index in [1.807, 2.05) is 55.5 Å². The van der Waals surface area contributed by atoms with E-state index in [1.54, 1.807) is 13.8 Å². The van der Waals surface area contributed by atoms with Gasteiger partial charge in [-0.05, 0) is 60.7 Å². The molecule has 3 unspecified atom stereocenters. The fourth-order valence-electron chi connectivity index (χ4n) is 4.81. The van der Waals surface area contributed by atoms with Crippen LogP contribution in [0.4, 0.5) is 0 Å². The number of oxime groups is 1. The standard InChI is InChI=1S/C31H35NO8.CH4/c1-4-20(28(34)38-18-24-17-37-24)13-23(29(35)39-19-33)15-31(2,3)30(36)40-32-16-27-25-11-7-5-9-21(25)14-22-10-6-8-12-26(22)27;/h5-12,14,16,20,23-24,33H,4,13,15,17-19H2,1-3H3;1H4/b32-16+;. The highest BCUT2D eigenvalue weighted by molar-refractivity contribution is 6.13. The summed E-state index contributed by atoms with van der Waals surface area (Å²) in [5.74, 6) is -3.22. The molecule has 1 fully saturated rings. The molecule has 41 heavy (non-hydrogen) atoms. The number of rotatable bonds is 13. The van der Waals surface area contributed by atoms with E-state index in [0.717, 1.165) is 27.1 Å². The summed E-state index contributed by atoms with van der Waals surface area (Å²) in [6.45, 7) is 5.03. The molecule has 1 aliphatic rings. The number of nitrogens with zero attached hydrogens (tertiary/aromatic N) is 1. The Bertz CT molecular complexity index is 1340. The van der Waals surface area contributed by atoms with Gasteiger partial charge in [0.25, 0.3) is 0 Å². The molecule has 1 N–H and O–H groups in total. The lowest BCUT2D eigenvalue weighted by Gasteiger charge is -2.27. The SMILES string of the molecule is C.CCC(CC(CC(C)(C)C(=O)O/N=C/c1c2ccccc2cc2ccccc12)C(=O)OCO)C(=O)OCC1CO1. The van der Waals surface area contributed by atoms with Crippen LogP contribution in [0.5, 0.6) is 0 Å². The topological polar surface area (TPSA) is 124 Å². The van der Waals surface area contributed by atoms with Crippen molar-refractivity contribution in [3.8, 4) is 0 Å². The van der Waals surface area contributed by atoms with Crippen molar-refractivity contribution in [2.45, 2.75) is 53.6 Å². The molecular formula is C32H39NO8. The molecule has 220 valence electrons. The van der Waals surface area contributed by atoms with Gasteiger partial charge in [0.15, 0.2) is 6.79 Å². The smallest absolute Gasteiger partial charge is 0.340 e. The highest BCUT2D eigenvalue weighted by Crippen LogP contribution is 2.33. The van der Waals surface area contributed by atoms with Gasteiger partial charge >= 0.3 is 17.9 Å². The number of carbonyl (C=O) groups is 3. The summed E-state index contributed by atoms with van der Waals surface area (Å²) < 4.78 is 15.2. The largest absolute Gasteiger partial charge is 0.463 e. The maximum Gasteiger partial charge on any atom is 0.340 e. The Morgan fingerprint density at radius 1 is 1.02 bits per heavy atom. The molecule has 0 aromatic heterocycles. The van der Waals surface area contributed by atoms with Crippen LogP contribution in [-0.4, -0.2) is 55.3 Å². The van der Waals surface area contributed by atoms with Crippen molar-refractivity contribution in [3.05, 3.63) is 60.2 Å². The molecule has 9 heteroatoms. The highest BCUT2D eigenvalue weighted by Gasteiger charge is 2.38. The monoisotopic (exact) mass is 565 g/mol. The van der Waals surface area contributed by atoms with E-state index in [1.165, 1.54) is 6.21 Å². The Morgan fingerprint density at radius 2 is 1.61 bits per heavy atom. The molecule has 4 rings (SSSR count). The summed E-state index contributed by atoms with van der Waals surface area (Å²) in [7, 11) is 0. The Balaban J connectivity index is 0.00000462. The molecule has 3 aromatic carbocycles. The van der Waals surface area contributed by atoms with Crippen molar-refractivity contribution in [2.24, 2.45) is 22.4 Å². The molecular weight excluding hydrogens is 526 g/mol. The lowest BCUT2D eigenvalue weighted by atomic mass is 9.79. The van der Waals surface area contributed by atoms with E-state index in [9.17, 15) is 14.4 Å². The maximum absolute atomic E-state index is 13.1. The first-order valence-electron chi connectivity index (χ1n) is 13.4. The first-order chi connectivity index (χ1) is 19.2. The van der Waals surface area contributed by atoms with Crippen LogP contribution in [0.2, 0.25) is 0 Å². The first-order valence-corrected chi connectivity index (χ1v) is 13.4. The van der Waals surface area contributed by atoms with Crippen LogP contribution in [0, 0.1) is 17.3 Å². The van der Waals surface area contributed by atoms with Gasteiger partial charge in [-0.2, -0.15) is 0 Å². The van der Waals surface area contributed by atoms with Crippen LogP contribution in [0.25, 0.3) is 21.5 Å². The Hall–Kier alpha value is -3.82. The summed E-state index contributed by atoms with van der Waals surface area (Å²) in [5, 5.41) is 17.2. The van der Waals surface area contributed by atoms with Crippen LogP contribution in [0.15, 0.2) is 59.8 Å². The fourth-order valence-corrected chi connectivity index (χ4v) is 4.81. The third-order valence-electron chi connectivity index (χ3n) is 7.19. The Morgan fingerprint density at radius 3 is 2.17 bits per heavy atom. The van der Waals surface area contributed by atoms with Gasteiger partial charge in [-0.25, -0.2) is 4.79 Å². The van der Waals surface area contributed by atoms with Crippen molar-refractivity contribution in [2.75, 3.05) is 20.0 Å². The molecule has 0 radical (unpaired) electrons. The summed E-state index contributed by atoms with van der Waals surface area (Å²) in [5.41, 5.74) is -0.328. The Kier molecular flexibility index (Phi) is 11.0. The van der Waals surface area contributed by atoms with Crippen molar-refractivity contribution in [3.63, 3.8) is 0 Å². The number of hydrogen-bond donors (Lipinski definition) is 1. The third-order valence-corrected chi connectivity index (χ3v) is 7.19. The molecule has 3 aromatic rings. The average molecular weight is 566 g/mol. The van der Waals surface area contributed by atoms with Gasteiger partial charge in [0.05, 0.1) is 30.1 Å². The predicted molar refractivity (Wildman–Crippen MR) is 156 cm³/mol. The second kappa shape index (κ2) is 14.2. The molecule has 1 aliphatic heterocycles. The number of ether oxygens (including phenoxy) is 3. The minimum atomic E-state index is -1.15. The highest BCUT2D eigenvalue weighted by atomic mass is 16.7. The number of fused-ring (bicyclic) bond motifs is 2. The lowest BCUT2D eigenvalue weighted by Crippen LogP contribution is -2.34. The van der Waals surface area contributed by atoms with Gasteiger partial charge in [-0.3, -0.25) is 9.59 Å². The molecule has 1 saturated heterocycles. The zero-order chi connectivity index (χ0) is 28.7. The fraction of sp³-hybridized carbons (Fsp3) is 0.438. The van der Waals surface area contributed by atoms with Crippen molar-refractivity contribution in [1.29, 1.82) is 0 Å². The second-order valence-electron chi connectivity index (χ2n) is 10.6. The second-order valence-corrected chi connectivity index (χ2v) is 10.6. The zero-order valence-corrected chi connectivity index (χ0v) is 23.0. The van der Waals surface area contributed by atoms with Gasteiger partial charge in [0.1, 0.15) is 12.7 Å². The number of carbonyl (C=O) groups excluding carboxylic acids is 3. The number of aliphatic hydroxyl groups excluding tert-OH is 1. The predicted octanol–water partition coefficient (Wildman–Crippen LogP) is 5.39. The van der Waals surface area contributed by atoms with Gasteiger partial charge in [0, 0.05) is 5.56 Å². The maximum atomic E-state index is 13.1. The molecule has 1 heterocycles.